The number of hydrogen-bond donors (Lipinski definition) is 4. The molecular formula is C25H25N5O4. The molecule has 4 N–H and O–H groups in total. The summed E-state index contributed by atoms with van der Waals surface area (Å²) >= 11 is 0. The Balaban J connectivity index is 1.60. The Morgan fingerprint density at radius 3 is 2.41 bits per heavy atom. The van der Waals surface area contributed by atoms with Crippen LogP contribution in [0, 0.1) is 5.92 Å². The molecular weight excluding hydrogens is 434 g/mol. The Morgan fingerprint density at radius 1 is 1.00 bits per heavy atom. The van der Waals surface area contributed by atoms with Crippen LogP contribution >= 0.6 is 0 Å². The number of benzene rings is 2. The average molecular weight is 460 g/mol. The molecule has 0 radical (unpaired) electrons. The van der Waals surface area contributed by atoms with Crippen LogP contribution in [0.1, 0.15) is 30.0 Å². The normalized spacial score (nSPS) is 13.0. The van der Waals surface area contributed by atoms with Gasteiger partial charge < -0.3 is 20.7 Å². The molecule has 2 heterocycles. The van der Waals surface area contributed by atoms with Crippen molar-refractivity contribution in [1.82, 2.24) is 25.6 Å². The summed E-state index contributed by atoms with van der Waals surface area (Å²) in [5.74, 6) is -2.65. The van der Waals surface area contributed by atoms with Crippen LogP contribution in [0.25, 0.3) is 21.9 Å². The van der Waals surface area contributed by atoms with Gasteiger partial charge in [-0.1, -0.05) is 44.2 Å². The van der Waals surface area contributed by atoms with Gasteiger partial charge in [0.15, 0.2) is 0 Å². The second-order valence-corrected chi connectivity index (χ2v) is 8.42. The van der Waals surface area contributed by atoms with E-state index in [0.29, 0.717) is 11.0 Å². The van der Waals surface area contributed by atoms with Crippen LogP contribution in [0.3, 0.4) is 0 Å². The maximum absolute atomic E-state index is 13.1. The Hall–Kier alpha value is -4.27. The van der Waals surface area contributed by atoms with Crippen molar-refractivity contribution in [1.29, 1.82) is 0 Å². The number of fused-ring (bicyclic) bond motifs is 2. The molecule has 9 heteroatoms. The number of aromatic amines is 1. The zero-order chi connectivity index (χ0) is 24.2. The summed E-state index contributed by atoms with van der Waals surface area (Å²) in [6.07, 6.45) is 1.49. The molecule has 0 bridgehead atoms. The molecule has 34 heavy (non-hydrogen) atoms. The molecule has 4 rings (SSSR count). The van der Waals surface area contributed by atoms with Gasteiger partial charge in [-0.15, -0.1) is 0 Å². The third-order valence-corrected chi connectivity index (χ3v) is 5.54. The number of carboxylic acids is 1. The fraction of sp³-hybridized carbons (Fsp3) is 0.240. The van der Waals surface area contributed by atoms with E-state index >= 15 is 0 Å². The average Bonchev–Trinajstić information content (AvgIpc) is 3.23. The maximum atomic E-state index is 13.1. The number of carboxylic acid groups (broad SMARTS) is 1. The van der Waals surface area contributed by atoms with Gasteiger partial charge in [-0.05, 0) is 35.6 Å². The van der Waals surface area contributed by atoms with Crippen molar-refractivity contribution in [2.45, 2.75) is 32.4 Å². The summed E-state index contributed by atoms with van der Waals surface area (Å²) in [5, 5.41) is 15.7. The van der Waals surface area contributed by atoms with Crippen molar-refractivity contribution in [3.8, 4) is 0 Å². The Labute approximate surface area is 195 Å². The van der Waals surface area contributed by atoms with E-state index in [2.05, 4.69) is 25.6 Å². The number of H-pyrrole nitrogens is 1. The number of hydrogen-bond acceptors (Lipinski definition) is 5. The minimum Gasteiger partial charge on any atom is -0.480 e. The third-order valence-electron chi connectivity index (χ3n) is 5.54. The van der Waals surface area contributed by atoms with Gasteiger partial charge in [-0.25, -0.2) is 9.78 Å². The van der Waals surface area contributed by atoms with Crippen LogP contribution in [-0.2, 0) is 16.0 Å². The standard InChI is InChI=1S/C25H25N5O4/c1-14(2)22(25(33)34)30-23(31)20(12-16-11-15-7-3-4-8-17(15)27-16)29-24(32)21-13-26-18-9-5-6-10-19(18)28-21/h3-11,13-14,20,22,27H,12H2,1-2H3,(H,29,32)(H,30,31)(H,33,34). The summed E-state index contributed by atoms with van der Waals surface area (Å²) in [7, 11) is 0. The topological polar surface area (TPSA) is 137 Å². The van der Waals surface area contributed by atoms with Gasteiger partial charge in [-0.2, -0.15) is 0 Å². The monoisotopic (exact) mass is 459 g/mol. The molecule has 2 unspecified atom stereocenters. The first-order valence-corrected chi connectivity index (χ1v) is 10.9. The number of amides is 2. The number of para-hydroxylation sites is 3. The van der Waals surface area contributed by atoms with E-state index in [9.17, 15) is 19.5 Å². The molecule has 0 saturated heterocycles. The Kier molecular flexibility index (Phi) is 6.53. The highest BCUT2D eigenvalue weighted by Gasteiger charge is 2.29. The highest BCUT2D eigenvalue weighted by Crippen LogP contribution is 2.16. The lowest BCUT2D eigenvalue weighted by Gasteiger charge is -2.23. The van der Waals surface area contributed by atoms with Crippen LogP contribution in [0.2, 0.25) is 0 Å². The van der Waals surface area contributed by atoms with Gasteiger partial charge in [0.1, 0.15) is 17.8 Å². The third kappa shape index (κ3) is 5.03. The largest absolute Gasteiger partial charge is 0.480 e. The van der Waals surface area contributed by atoms with Crippen molar-refractivity contribution in [3.63, 3.8) is 0 Å². The number of carbonyl (C=O) groups excluding carboxylic acids is 2. The first kappa shape index (κ1) is 22.9. The number of nitrogens with one attached hydrogen (secondary N) is 3. The molecule has 2 amide bonds. The predicted octanol–water partition coefficient (Wildman–Crippen LogP) is 2.68. The molecule has 0 fully saturated rings. The van der Waals surface area contributed by atoms with Gasteiger partial charge >= 0.3 is 5.97 Å². The molecule has 2 aromatic carbocycles. The molecule has 0 spiro atoms. The quantitative estimate of drug-likeness (QED) is 0.320. The van der Waals surface area contributed by atoms with E-state index in [4.69, 9.17) is 0 Å². The molecule has 4 aromatic rings. The van der Waals surface area contributed by atoms with Gasteiger partial charge in [0.2, 0.25) is 5.91 Å². The smallest absolute Gasteiger partial charge is 0.326 e. The van der Waals surface area contributed by atoms with Crippen molar-refractivity contribution in [2.75, 3.05) is 0 Å². The molecule has 2 atom stereocenters. The lowest BCUT2D eigenvalue weighted by molar-refractivity contribution is -0.143. The first-order chi connectivity index (χ1) is 16.3. The van der Waals surface area contributed by atoms with E-state index < -0.39 is 29.9 Å². The summed E-state index contributed by atoms with van der Waals surface area (Å²) < 4.78 is 0. The molecule has 174 valence electrons. The molecule has 0 aliphatic rings. The first-order valence-electron chi connectivity index (χ1n) is 10.9. The highest BCUT2D eigenvalue weighted by molar-refractivity contribution is 5.98. The number of nitrogens with zero attached hydrogens (tertiary/aromatic N) is 2. The Morgan fingerprint density at radius 2 is 1.71 bits per heavy atom. The zero-order valence-corrected chi connectivity index (χ0v) is 18.8. The minimum absolute atomic E-state index is 0.0618. The van der Waals surface area contributed by atoms with E-state index in [0.717, 1.165) is 16.6 Å². The van der Waals surface area contributed by atoms with E-state index in [1.54, 1.807) is 32.0 Å². The van der Waals surface area contributed by atoms with Gasteiger partial charge in [-0.3, -0.25) is 14.6 Å². The molecule has 0 aliphatic heterocycles. The lowest BCUT2D eigenvalue weighted by atomic mass is 10.0. The van der Waals surface area contributed by atoms with Crippen LogP contribution in [-0.4, -0.2) is 49.9 Å². The van der Waals surface area contributed by atoms with Gasteiger partial charge in [0, 0.05) is 17.6 Å². The Bertz CT molecular complexity index is 1330. The predicted molar refractivity (Wildman–Crippen MR) is 127 cm³/mol. The summed E-state index contributed by atoms with van der Waals surface area (Å²) in [6.45, 7) is 3.41. The molecule has 0 saturated carbocycles. The van der Waals surface area contributed by atoms with E-state index in [-0.39, 0.29) is 18.0 Å². The molecule has 2 aromatic heterocycles. The van der Waals surface area contributed by atoms with Crippen molar-refractivity contribution < 1.29 is 19.5 Å². The van der Waals surface area contributed by atoms with Crippen molar-refractivity contribution in [3.05, 3.63) is 72.2 Å². The van der Waals surface area contributed by atoms with Crippen molar-refractivity contribution in [2.24, 2.45) is 5.92 Å². The SMILES string of the molecule is CC(C)C(NC(=O)C(Cc1cc2ccccc2[nH]1)NC(=O)c1cnc2ccccc2n1)C(=O)O. The zero-order valence-electron chi connectivity index (χ0n) is 18.8. The maximum Gasteiger partial charge on any atom is 0.326 e. The van der Waals surface area contributed by atoms with Crippen LogP contribution in [0.4, 0.5) is 0 Å². The number of carbonyl (C=O) groups is 3. The number of aromatic nitrogens is 3. The van der Waals surface area contributed by atoms with Crippen LogP contribution < -0.4 is 10.6 Å². The van der Waals surface area contributed by atoms with Gasteiger partial charge in [0.25, 0.3) is 5.91 Å². The van der Waals surface area contributed by atoms with E-state index in [1.165, 1.54) is 6.20 Å². The highest BCUT2D eigenvalue weighted by atomic mass is 16.4. The summed E-state index contributed by atoms with van der Waals surface area (Å²) in [6, 6.07) is 14.6. The molecule has 9 nitrogen and oxygen atoms in total. The summed E-state index contributed by atoms with van der Waals surface area (Å²) in [5.41, 5.74) is 2.88. The van der Waals surface area contributed by atoms with Gasteiger partial charge in [0.05, 0.1) is 17.2 Å². The van der Waals surface area contributed by atoms with Crippen LogP contribution in [0.5, 0.6) is 0 Å². The second-order valence-electron chi connectivity index (χ2n) is 8.42. The van der Waals surface area contributed by atoms with E-state index in [1.807, 2.05) is 36.4 Å². The van der Waals surface area contributed by atoms with Crippen molar-refractivity contribution >= 4 is 39.7 Å². The molecule has 0 aliphatic carbocycles. The minimum atomic E-state index is -1.14. The fourth-order valence-electron chi connectivity index (χ4n) is 3.74. The summed E-state index contributed by atoms with van der Waals surface area (Å²) in [4.78, 5) is 49.6. The second kappa shape index (κ2) is 9.70. The number of rotatable bonds is 8. The lowest BCUT2D eigenvalue weighted by Crippen LogP contribution is -2.54. The fourth-order valence-corrected chi connectivity index (χ4v) is 3.74. The number of aliphatic carboxylic acids is 1. The van der Waals surface area contributed by atoms with Crippen LogP contribution in [0.15, 0.2) is 60.8 Å².